The van der Waals surface area contributed by atoms with Crippen molar-refractivity contribution in [2.75, 3.05) is 5.73 Å². The fourth-order valence-corrected chi connectivity index (χ4v) is 2.42. The van der Waals surface area contributed by atoms with Gasteiger partial charge in [-0.25, -0.2) is 14.1 Å². The molecule has 0 saturated heterocycles. The van der Waals surface area contributed by atoms with E-state index in [9.17, 15) is 4.39 Å². The molecular weight excluding hydrogens is 349 g/mol. The summed E-state index contributed by atoms with van der Waals surface area (Å²) in [5.41, 5.74) is 6.54. The average molecular weight is 357 g/mol. The first kappa shape index (κ1) is 13.3. The summed E-state index contributed by atoms with van der Waals surface area (Å²) in [6.07, 6.45) is 1.54. The Morgan fingerprint density at radius 2 is 2.15 bits per heavy atom. The Labute approximate surface area is 126 Å². The minimum Gasteiger partial charge on any atom is -0.368 e. The van der Waals surface area contributed by atoms with Gasteiger partial charge in [0.05, 0.1) is 18.1 Å². The SMILES string of the molecule is Nc1nc(Cl)c2cnn(Cc3ccc(Br)cc3F)c2n1. The second-order valence-electron chi connectivity index (χ2n) is 4.15. The Kier molecular flexibility index (Phi) is 3.31. The number of anilines is 1. The number of aromatic nitrogens is 4. The standard InChI is InChI=1S/C12H8BrClFN5/c13-7-2-1-6(9(15)3-7)5-20-11-8(4-17-20)10(14)18-12(16)19-11/h1-4H,5H2,(H2,16,18,19). The summed E-state index contributed by atoms with van der Waals surface area (Å²) >= 11 is 9.18. The van der Waals surface area contributed by atoms with Crippen LogP contribution in [0.5, 0.6) is 0 Å². The van der Waals surface area contributed by atoms with E-state index < -0.39 is 0 Å². The molecule has 0 unspecified atom stereocenters. The van der Waals surface area contributed by atoms with Crippen molar-refractivity contribution >= 4 is 44.5 Å². The van der Waals surface area contributed by atoms with Crippen LogP contribution >= 0.6 is 27.5 Å². The summed E-state index contributed by atoms with van der Waals surface area (Å²) < 4.78 is 16.1. The van der Waals surface area contributed by atoms with Crippen molar-refractivity contribution in [3.05, 3.63) is 45.4 Å². The molecule has 8 heteroatoms. The maximum atomic E-state index is 13.8. The van der Waals surface area contributed by atoms with Gasteiger partial charge in [-0.1, -0.05) is 33.6 Å². The van der Waals surface area contributed by atoms with E-state index >= 15 is 0 Å². The molecule has 20 heavy (non-hydrogen) atoms. The van der Waals surface area contributed by atoms with Crippen molar-refractivity contribution in [1.82, 2.24) is 19.7 Å². The average Bonchev–Trinajstić information content (AvgIpc) is 2.76. The van der Waals surface area contributed by atoms with Crippen molar-refractivity contribution < 1.29 is 4.39 Å². The molecule has 0 radical (unpaired) electrons. The summed E-state index contributed by atoms with van der Waals surface area (Å²) in [5.74, 6) is -0.267. The first-order valence-corrected chi connectivity index (χ1v) is 6.80. The summed E-state index contributed by atoms with van der Waals surface area (Å²) in [4.78, 5) is 7.94. The van der Waals surface area contributed by atoms with Crippen LogP contribution in [0, 0.1) is 5.82 Å². The summed E-state index contributed by atoms with van der Waals surface area (Å²) in [6, 6.07) is 4.84. The molecule has 0 aliphatic heterocycles. The van der Waals surface area contributed by atoms with E-state index in [4.69, 9.17) is 17.3 Å². The summed E-state index contributed by atoms with van der Waals surface area (Å²) in [6.45, 7) is 0.232. The third kappa shape index (κ3) is 2.34. The molecule has 102 valence electrons. The zero-order valence-electron chi connectivity index (χ0n) is 10.0. The lowest BCUT2D eigenvalue weighted by molar-refractivity contribution is 0.588. The Balaban J connectivity index is 2.07. The number of hydrogen-bond donors (Lipinski definition) is 1. The highest BCUT2D eigenvalue weighted by atomic mass is 79.9. The van der Waals surface area contributed by atoms with E-state index in [-0.39, 0.29) is 23.5 Å². The van der Waals surface area contributed by atoms with Crippen LogP contribution in [0.1, 0.15) is 5.56 Å². The Hall–Kier alpha value is -1.73. The predicted octanol–water partition coefficient (Wildman–Crippen LogP) is 3.01. The van der Waals surface area contributed by atoms with Crippen LogP contribution in [0.2, 0.25) is 5.15 Å². The minimum atomic E-state index is -0.323. The molecule has 2 heterocycles. The van der Waals surface area contributed by atoms with E-state index in [1.807, 2.05) is 0 Å². The lowest BCUT2D eigenvalue weighted by Crippen LogP contribution is -2.06. The Bertz CT molecular complexity index is 804. The van der Waals surface area contributed by atoms with Crippen LogP contribution in [0.4, 0.5) is 10.3 Å². The molecule has 0 bridgehead atoms. The molecule has 2 N–H and O–H groups in total. The molecule has 3 aromatic rings. The fourth-order valence-electron chi connectivity index (χ4n) is 1.86. The largest absolute Gasteiger partial charge is 0.368 e. The monoisotopic (exact) mass is 355 g/mol. The topological polar surface area (TPSA) is 69.6 Å². The van der Waals surface area contributed by atoms with E-state index in [1.165, 1.54) is 16.9 Å². The van der Waals surface area contributed by atoms with Gasteiger partial charge in [-0.2, -0.15) is 10.1 Å². The highest BCUT2D eigenvalue weighted by Crippen LogP contribution is 2.22. The van der Waals surface area contributed by atoms with Crippen molar-refractivity contribution in [3.8, 4) is 0 Å². The number of benzene rings is 1. The van der Waals surface area contributed by atoms with E-state index in [1.54, 1.807) is 12.1 Å². The van der Waals surface area contributed by atoms with Gasteiger partial charge in [-0.15, -0.1) is 0 Å². The van der Waals surface area contributed by atoms with Gasteiger partial charge < -0.3 is 5.73 Å². The van der Waals surface area contributed by atoms with Crippen molar-refractivity contribution in [1.29, 1.82) is 0 Å². The molecule has 3 rings (SSSR count). The third-order valence-electron chi connectivity index (χ3n) is 2.80. The van der Waals surface area contributed by atoms with Crippen molar-refractivity contribution in [2.45, 2.75) is 6.54 Å². The van der Waals surface area contributed by atoms with Crippen LogP contribution in [-0.2, 0) is 6.54 Å². The lowest BCUT2D eigenvalue weighted by Gasteiger charge is -2.05. The zero-order chi connectivity index (χ0) is 14.3. The molecule has 0 saturated carbocycles. The van der Waals surface area contributed by atoms with Gasteiger partial charge >= 0.3 is 0 Å². The van der Waals surface area contributed by atoms with Gasteiger partial charge in [0.2, 0.25) is 5.95 Å². The number of nitrogens with zero attached hydrogens (tertiary/aromatic N) is 4. The zero-order valence-corrected chi connectivity index (χ0v) is 12.4. The van der Waals surface area contributed by atoms with E-state index in [0.717, 1.165) is 0 Å². The number of nitrogens with two attached hydrogens (primary N) is 1. The highest BCUT2D eigenvalue weighted by molar-refractivity contribution is 9.10. The van der Waals surface area contributed by atoms with Crippen molar-refractivity contribution in [2.24, 2.45) is 0 Å². The van der Waals surface area contributed by atoms with E-state index in [2.05, 4.69) is 31.0 Å². The van der Waals surface area contributed by atoms with E-state index in [0.29, 0.717) is 21.1 Å². The summed E-state index contributed by atoms with van der Waals surface area (Å²) in [5, 5.41) is 4.97. The second-order valence-corrected chi connectivity index (χ2v) is 5.42. The summed E-state index contributed by atoms with van der Waals surface area (Å²) in [7, 11) is 0. The van der Waals surface area contributed by atoms with Crippen LogP contribution in [-0.4, -0.2) is 19.7 Å². The third-order valence-corrected chi connectivity index (χ3v) is 3.58. The quantitative estimate of drug-likeness (QED) is 0.717. The van der Waals surface area contributed by atoms with Gasteiger partial charge in [-0.05, 0) is 12.1 Å². The van der Waals surface area contributed by atoms with Gasteiger partial charge in [0.15, 0.2) is 5.65 Å². The lowest BCUT2D eigenvalue weighted by atomic mass is 10.2. The fraction of sp³-hybridized carbons (Fsp3) is 0.0833. The maximum absolute atomic E-state index is 13.8. The molecule has 0 amide bonds. The van der Waals surface area contributed by atoms with Crippen LogP contribution in [0.3, 0.4) is 0 Å². The van der Waals surface area contributed by atoms with Crippen LogP contribution < -0.4 is 5.73 Å². The molecule has 0 aliphatic rings. The molecule has 0 fully saturated rings. The normalized spacial score (nSPS) is 11.2. The first-order valence-electron chi connectivity index (χ1n) is 5.63. The van der Waals surface area contributed by atoms with Gasteiger partial charge in [0.25, 0.3) is 0 Å². The number of rotatable bonds is 2. The van der Waals surface area contributed by atoms with Crippen molar-refractivity contribution in [3.63, 3.8) is 0 Å². The first-order chi connectivity index (χ1) is 9.54. The Morgan fingerprint density at radius 3 is 2.90 bits per heavy atom. The van der Waals surface area contributed by atoms with Crippen LogP contribution in [0.25, 0.3) is 11.0 Å². The van der Waals surface area contributed by atoms with Gasteiger partial charge in [-0.3, -0.25) is 0 Å². The molecule has 5 nitrogen and oxygen atoms in total. The molecular formula is C12H8BrClFN5. The highest BCUT2D eigenvalue weighted by Gasteiger charge is 2.12. The number of hydrogen-bond acceptors (Lipinski definition) is 4. The molecule has 1 aromatic carbocycles. The molecule has 0 atom stereocenters. The number of halogens is 3. The maximum Gasteiger partial charge on any atom is 0.223 e. The Morgan fingerprint density at radius 1 is 1.35 bits per heavy atom. The molecule has 2 aromatic heterocycles. The second kappa shape index (κ2) is 4.99. The smallest absolute Gasteiger partial charge is 0.223 e. The minimum absolute atomic E-state index is 0.0560. The molecule has 0 spiro atoms. The van der Waals surface area contributed by atoms with Gasteiger partial charge in [0, 0.05) is 10.0 Å². The number of fused-ring (bicyclic) bond motifs is 1. The van der Waals surface area contributed by atoms with Crippen LogP contribution in [0.15, 0.2) is 28.9 Å². The molecule has 0 aliphatic carbocycles. The van der Waals surface area contributed by atoms with Gasteiger partial charge in [0.1, 0.15) is 11.0 Å². The number of nitrogen functional groups attached to an aromatic ring is 1. The predicted molar refractivity (Wildman–Crippen MR) is 77.9 cm³/mol.